The van der Waals surface area contributed by atoms with Gasteiger partial charge < -0.3 is 10.0 Å². The van der Waals surface area contributed by atoms with E-state index in [-0.39, 0.29) is 11.2 Å². The molecular weight excluding hydrogens is 269 g/mol. The van der Waals surface area contributed by atoms with E-state index >= 15 is 0 Å². The van der Waals surface area contributed by atoms with E-state index in [1.807, 2.05) is 0 Å². The summed E-state index contributed by atoms with van der Waals surface area (Å²) in [4.78, 5) is 12.9. The lowest BCUT2D eigenvalue weighted by Gasteiger charge is -2.28. The second kappa shape index (κ2) is 5.88. The van der Waals surface area contributed by atoms with Crippen LogP contribution in [0.1, 0.15) is 32.8 Å². The maximum atomic E-state index is 13.4. The van der Waals surface area contributed by atoms with Crippen LogP contribution in [0.3, 0.4) is 0 Å². The molecule has 0 radical (unpaired) electrons. The van der Waals surface area contributed by atoms with Crippen LogP contribution >= 0.6 is 0 Å². The third kappa shape index (κ3) is 3.84. The molecule has 114 valence electrons. The summed E-state index contributed by atoms with van der Waals surface area (Å²) in [5, 5.41) is 8.75. The standard InChI is InChI=1S/C17H22FNO2/c1-17(2,3)13-8-9-19(11-13)15-6-5-14(18)10-12(15)4-7-16(20)21/h4-7,10,13H,8-9,11H2,1-3H3,(H,20,21)/b7-4+. The van der Waals surface area contributed by atoms with E-state index in [0.717, 1.165) is 31.3 Å². The fourth-order valence-corrected chi connectivity index (χ4v) is 2.79. The lowest BCUT2D eigenvalue weighted by atomic mass is 9.80. The van der Waals surface area contributed by atoms with Gasteiger partial charge in [0.05, 0.1) is 0 Å². The van der Waals surface area contributed by atoms with Gasteiger partial charge in [-0.15, -0.1) is 0 Å². The summed E-state index contributed by atoms with van der Waals surface area (Å²) in [6.07, 6.45) is 3.61. The SMILES string of the molecule is CC(C)(C)C1CCN(c2ccc(F)cc2/C=C/C(=O)O)C1. The van der Waals surface area contributed by atoms with Crippen LogP contribution in [-0.2, 0) is 4.79 Å². The highest BCUT2D eigenvalue weighted by Crippen LogP contribution is 2.37. The van der Waals surface area contributed by atoms with Crippen LogP contribution < -0.4 is 4.90 Å². The summed E-state index contributed by atoms with van der Waals surface area (Å²) in [5.74, 6) is -0.798. The highest BCUT2D eigenvalue weighted by molar-refractivity contribution is 5.87. The summed E-state index contributed by atoms with van der Waals surface area (Å²) in [5.41, 5.74) is 1.76. The predicted molar refractivity (Wildman–Crippen MR) is 82.8 cm³/mol. The Labute approximate surface area is 125 Å². The molecular formula is C17H22FNO2. The van der Waals surface area contributed by atoms with Crippen molar-refractivity contribution >= 4 is 17.7 Å². The summed E-state index contributed by atoms with van der Waals surface area (Å²) in [6, 6.07) is 4.55. The number of hydrogen-bond acceptors (Lipinski definition) is 2. The molecule has 1 aliphatic heterocycles. The van der Waals surface area contributed by atoms with Crippen molar-refractivity contribution < 1.29 is 14.3 Å². The molecule has 21 heavy (non-hydrogen) atoms. The van der Waals surface area contributed by atoms with Gasteiger partial charge in [0, 0.05) is 30.4 Å². The first-order chi connectivity index (χ1) is 9.77. The normalized spacial score (nSPS) is 19.4. The van der Waals surface area contributed by atoms with Crippen LogP contribution in [0, 0.1) is 17.2 Å². The quantitative estimate of drug-likeness (QED) is 0.861. The maximum Gasteiger partial charge on any atom is 0.328 e. The second-order valence-electron chi connectivity index (χ2n) is 6.67. The molecule has 1 atom stereocenters. The van der Waals surface area contributed by atoms with Crippen LogP contribution in [0.25, 0.3) is 6.08 Å². The number of benzene rings is 1. The number of rotatable bonds is 3. The number of hydrogen-bond donors (Lipinski definition) is 1. The lowest BCUT2D eigenvalue weighted by molar-refractivity contribution is -0.131. The Bertz CT molecular complexity index is 560. The summed E-state index contributed by atoms with van der Waals surface area (Å²) < 4.78 is 13.4. The number of nitrogens with zero attached hydrogens (tertiary/aromatic N) is 1. The van der Waals surface area contributed by atoms with Crippen LogP contribution in [0.5, 0.6) is 0 Å². The molecule has 1 heterocycles. The van der Waals surface area contributed by atoms with Gasteiger partial charge in [-0.05, 0) is 42.0 Å². The average Bonchev–Trinajstić information content (AvgIpc) is 2.85. The minimum absolute atomic E-state index is 0.242. The zero-order valence-electron chi connectivity index (χ0n) is 12.8. The molecule has 1 fully saturated rings. The third-order valence-corrected chi connectivity index (χ3v) is 4.15. The van der Waals surface area contributed by atoms with Gasteiger partial charge in [-0.1, -0.05) is 20.8 Å². The Balaban J connectivity index is 2.26. The molecule has 0 amide bonds. The van der Waals surface area contributed by atoms with Gasteiger partial charge >= 0.3 is 5.97 Å². The van der Waals surface area contributed by atoms with E-state index in [2.05, 4.69) is 25.7 Å². The second-order valence-corrected chi connectivity index (χ2v) is 6.67. The molecule has 1 N–H and O–H groups in total. The molecule has 0 spiro atoms. The van der Waals surface area contributed by atoms with Crippen molar-refractivity contribution in [2.24, 2.45) is 11.3 Å². The Hall–Kier alpha value is -1.84. The van der Waals surface area contributed by atoms with Crippen molar-refractivity contribution in [3.8, 4) is 0 Å². The van der Waals surface area contributed by atoms with E-state index in [4.69, 9.17) is 5.11 Å². The highest BCUT2D eigenvalue weighted by Gasteiger charge is 2.32. The monoisotopic (exact) mass is 291 g/mol. The summed E-state index contributed by atoms with van der Waals surface area (Å²) in [7, 11) is 0. The van der Waals surface area contributed by atoms with E-state index in [1.165, 1.54) is 18.2 Å². The lowest BCUT2D eigenvalue weighted by Crippen LogP contribution is -2.26. The van der Waals surface area contributed by atoms with Crippen molar-refractivity contribution in [3.63, 3.8) is 0 Å². The summed E-state index contributed by atoms with van der Waals surface area (Å²) >= 11 is 0. The zero-order chi connectivity index (χ0) is 15.6. The van der Waals surface area contributed by atoms with Gasteiger partial charge in [-0.3, -0.25) is 0 Å². The average molecular weight is 291 g/mol. The molecule has 1 unspecified atom stereocenters. The van der Waals surface area contributed by atoms with E-state index < -0.39 is 5.97 Å². The molecule has 1 saturated heterocycles. The third-order valence-electron chi connectivity index (χ3n) is 4.15. The fourth-order valence-electron chi connectivity index (χ4n) is 2.79. The Kier molecular flexibility index (Phi) is 4.35. The van der Waals surface area contributed by atoms with Crippen LogP contribution in [-0.4, -0.2) is 24.2 Å². The smallest absolute Gasteiger partial charge is 0.328 e. The van der Waals surface area contributed by atoms with E-state index in [9.17, 15) is 9.18 Å². The molecule has 1 aromatic rings. The van der Waals surface area contributed by atoms with Crippen molar-refractivity contribution in [2.45, 2.75) is 27.2 Å². The number of carboxylic acid groups (broad SMARTS) is 1. The van der Waals surface area contributed by atoms with Gasteiger partial charge in [-0.2, -0.15) is 0 Å². The molecule has 0 aromatic heterocycles. The Morgan fingerprint density at radius 1 is 1.43 bits per heavy atom. The molecule has 0 saturated carbocycles. The Morgan fingerprint density at radius 3 is 2.71 bits per heavy atom. The number of carbonyl (C=O) groups is 1. The molecule has 1 aliphatic rings. The topological polar surface area (TPSA) is 40.5 Å². The zero-order valence-corrected chi connectivity index (χ0v) is 12.8. The molecule has 3 nitrogen and oxygen atoms in total. The van der Waals surface area contributed by atoms with Crippen molar-refractivity contribution in [3.05, 3.63) is 35.7 Å². The first-order valence-electron chi connectivity index (χ1n) is 7.23. The van der Waals surface area contributed by atoms with Crippen molar-refractivity contribution in [2.75, 3.05) is 18.0 Å². The van der Waals surface area contributed by atoms with Gasteiger partial charge in [-0.25, -0.2) is 9.18 Å². The number of anilines is 1. The van der Waals surface area contributed by atoms with Gasteiger partial charge in [0.2, 0.25) is 0 Å². The number of halogens is 1. The first-order valence-corrected chi connectivity index (χ1v) is 7.23. The molecule has 2 rings (SSSR count). The van der Waals surface area contributed by atoms with E-state index in [1.54, 1.807) is 6.07 Å². The van der Waals surface area contributed by atoms with Crippen LogP contribution in [0.2, 0.25) is 0 Å². The summed E-state index contributed by atoms with van der Waals surface area (Å²) in [6.45, 7) is 8.54. The largest absolute Gasteiger partial charge is 0.478 e. The minimum atomic E-state index is -1.03. The molecule has 1 aromatic carbocycles. The Morgan fingerprint density at radius 2 is 2.14 bits per heavy atom. The predicted octanol–water partition coefficient (Wildman–Crippen LogP) is 3.80. The molecule has 0 aliphatic carbocycles. The highest BCUT2D eigenvalue weighted by atomic mass is 19.1. The van der Waals surface area contributed by atoms with E-state index in [0.29, 0.717) is 11.5 Å². The minimum Gasteiger partial charge on any atom is -0.478 e. The van der Waals surface area contributed by atoms with Crippen molar-refractivity contribution in [1.29, 1.82) is 0 Å². The molecule has 4 heteroatoms. The van der Waals surface area contributed by atoms with Gasteiger partial charge in [0.25, 0.3) is 0 Å². The van der Waals surface area contributed by atoms with Crippen LogP contribution in [0.15, 0.2) is 24.3 Å². The number of carboxylic acids is 1. The molecule has 0 bridgehead atoms. The first kappa shape index (κ1) is 15.5. The fraction of sp³-hybridized carbons (Fsp3) is 0.471. The maximum absolute atomic E-state index is 13.4. The van der Waals surface area contributed by atoms with Crippen molar-refractivity contribution in [1.82, 2.24) is 0 Å². The van der Waals surface area contributed by atoms with Gasteiger partial charge in [0.15, 0.2) is 0 Å². The van der Waals surface area contributed by atoms with Crippen LogP contribution in [0.4, 0.5) is 10.1 Å². The number of aliphatic carboxylic acids is 1. The van der Waals surface area contributed by atoms with Gasteiger partial charge in [0.1, 0.15) is 5.82 Å².